The molecule has 0 saturated heterocycles. The van der Waals surface area contributed by atoms with Crippen LogP contribution in [0.15, 0.2) is 84.0 Å². The molecule has 0 aliphatic carbocycles. The first-order chi connectivity index (χ1) is 13.7. The fourth-order valence-electron chi connectivity index (χ4n) is 2.39. The maximum atomic E-state index is 11.9. The number of nitrogens with one attached hydrogen (secondary N) is 2. The summed E-state index contributed by atoms with van der Waals surface area (Å²) in [5.41, 5.74) is 5.23. The molecule has 3 rings (SSSR count). The molecule has 0 bridgehead atoms. The van der Waals surface area contributed by atoms with Crippen molar-refractivity contribution in [3.8, 4) is 5.75 Å². The maximum Gasteiger partial charge on any atom is 0.259 e. The molecule has 0 aromatic heterocycles. The first-order valence-corrected chi connectivity index (χ1v) is 9.15. The third kappa shape index (κ3) is 6.45. The van der Waals surface area contributed by atoms with Gasteiger partial charge in [-0.05, 0) is 47.5 Å². The number of amides is 1. The zero-order valence-electron chi connectivity index (χ0n) is 15.1. The largest absolute Gasteiger partial charge is 0.489 e. The van der Waals surface area contributed by atoms with Gasteiger partial charge >= 0.3 is 0 Å². The molecule has 0 aliphatic rings. The Labute approximate surface area is 169 Å². The molecule has 0 aliphatic heterocycles. The summed E-state index contributed by atoms with van der Waals surface area (Å²) < 4.78 is 5.79. The summed E-state index contributed by atoms with van der Waals surface area (Å²) in [7, 11) is 0. The smallest absolute Gasteiger partial charge is 0.259 e. The minimum atomic E-state index is -0.248. The van der Waals surface area contributed by atoms with Gasteiger partial charge < -0.3 is 10.1 Å². The fourth-order valence-corrected chi connectivity index (χ4v) is 2.52. The van der Waals surface area contributed by atoms with Crippen LogP contribution in [0.25, 0.3) is 0 Å². The Bertz CT molecular complexity index is 928. The van der Waals surface area contributed by atoms with Gasteiger partial charge in [-0.25, -0.2) is 5.43 Å². The Morgan fingerprint density at radius 1 is 1.00 bits per heavy atom. The molecule has 0 heterocycles. The predicted octanol–water partition coefficient (Wildman–Crippen LogP) is 4.48. The lowest BCUT2D eigenvalue weighted by molar-refractivity contribution is -0.119. The highest BCUT2D eigenvalue weighted by atomic mass is 35.5. The van der Waals surface area contributed by atoms with E-state index < -0.39 is 0 Å². The minimum Gasteiger partial charge on any atom is -0.489 e. The highest BCUT2D eigenvalue weighted by Gasteiger charge is 2.00. The van der Waals surface area contributed by atoms with Gasteiger partial charge in [0.05, 0.1) is 12.8 Å². The second kappa shape index (κ2) is 10.1. The van der Waals surface area contributed by atoms with Crippen LogP contribution in [0.3, 0.4) is 0 Å². The van der Waals surface area contributed by atoms with Crippen molar-refractivity contribution >= 4 is 29.4 Å². The Hall–Kier alpha value is -3.31. The summed E-state index contributed by atoms with van der Waals surface area (Å²) in [6.07, 6.45) is 1.58. The second-order valence-electron chi connectivity index (χ2n) is 6.00. The van der Waals surface area contributed by atoms with E-state index in [1.54, 1.807) is 30.5 Å². The summed E-state index contributed by atoms with van der Waals surface area (Å²) in [4.78, 5) is 11.9. The summed E-state index contributed by atoms with van der Waals surface area (Å²) in [6.45, 7) is 0.605. The van der Waals surface area contributed by atoms with Gasteiger partial charge in [-0.15, -0.1) is 0 Å². The van der Waals surface area contributed by atoms with E-state index in [-0.39, 0.29) is 12.5 Å². The number of hydrogen-bond acceptors (Lipinski definition) is 4. The van der Waals surface area contributed by atoms with Gasteiger partial charge in [0.15, 0.2) is 0 Å². The number of rotatable bonds is 8. The molecular weight excluding hydrogens is 374 g/mol. The zero-order chi connectivity index (χ0) is 19.6. The number of halogens is 1. The average molecular weight is 394 g/mol. The molecule has 28 heavy (non-hydrogen) atoms. The van der Waals surface area contributed by atoms with E-state index in [2.05, 4.69) is 15.8 Å². The average Bonchev–Trinajstić information content (AvgIpc) is 2.73. The minimum absolute atomic E-state index is 0.110. The van der Waals surface area contributed by atoms with Crippen LogP contribution in [0.1, 0.15) is 11.1 Å². The second-order valence-corrected chi connectivity index (χ2v) is 6.44. The van der Waals surface area contributed by atoms with Gasteiger partial charge in [-0.1, -0.05) is 54.1 Å². The first kappa shape index (κ1) is 19.5. The van der Waals surface area contributed by atoms with Crippen molar-refractivity contribution < 1.29 is 9.53 Å². The van der Waals surface area contributed by atoms with Crippen molar-refractivity contribution in [3.05, 3.63) is 95.0 Å². The van der Waals surface area contributed by atoms with Gasteiger partial charge in [0.1, 0.15) is 12.4 Å². The Balaban J connectivity index is 1.45. The standard InChI is InChI=1S/C22H20ClN3O2/c23-19-9-11-20(12-10-19)24-15-22(27)26-25-14-18-7-4-8-21(13-18)28-16-17-5-2-1-3-6-17/h1-14,24H,15-16H2,(H,26,27)/b25-14-. The lowest BCUT2D eigenvalue weighted by Gasteiger charge is -2.07. The summed E-state index contributed by atoms with van der Waals surface area (Å²) in [6, 6.07) is 24.6. The van der Waals surface area contributed by atoms with Gasteiger partial charge in [-0.2, -0.15) is 5.10 Å². The highest BCUT2D eigenvalue weighted by Crippen LogP contribution is 2.14. The van der Waals surface area contributed by atoms with Gasteiger partial charge in [-0.3, -0.25) is 4.79 Å². The quantitative estimate of drug-likeness (QED) is 0.438. The third-order valence-electron chi connectivity index (χ3n) is 3.81. The molecule has 0 atom stereocenters. The van der Waals surface area contributed by atoms with Crippen LogP contribution in [0, 0.1) is 0 Å². The van der Waals surface area contributed by atoms with Crippen molar-refractivity contribution in [2.24, 2.45) is 5.10 Å². The molecule has 142 valence electrons. The van der Waals surface area contributed by atoms with E-state index in [9.17, 15) is 4.79 Å². The molecule has 1 amide bonds. The van der Waals surface area contributed by atoms with E-state index in [4.69, 9.17) is 16.3 Å². The molecule has 0 unspecified atom stereocenters. The molecule has 0 radical (unpaired) electrons. The van der Waals surface area contributed by atoms with Crippen molar-refractivity contribution in [2.75, 3.05) is 11.9 Å². The number of anilines is 1. The van der Waals surface area contributed by atoms with Crippen LogP contribution < -0.4 is 15.5 Å². The van der Waals surface area contributed by atoms with Gasteiger partial charge in [0.2, 0.25) is 0 Å². The molecule has 2 N–H and O–H groups in total. The molecule has 0 spiro atoms. The summed E-state index contributed by atoms with van der Waals surface area (Å²) in [5.74, 6) is 0.492. The van der Waals surface area contributed by atoms with Crippen molar-refractivity contribution in [3.63, 3.8) is 0 Å². The fraction of sp³-hybridized carbons (Fsp3) is 0.0909. The van der Waals surface area contributed by atoms with E-state index in [0.717, 1.165) is 22.6 Å². The van der Waals surface area contributed by atoms with Crippen LogP contribution in [0.2, 0.25) is 5.02 Å². The van der Waals surface area contributed by atoms with Crippen LogP contribution in [-0.2, 0) is 11.4 Å². The number of carbonyl (C=O) groups is 1. The number of nitrogens with zero attached hydrogens (tertiary/aromatic N) is 1. The Morgan fingerprint density at radius 2 is 1.79 bits per heavy atom. The molecule has 5 nitrogen and oxygen atoms in total. The maximum absolute atomic E-state index is 11.9. The van der Waals surface area contributed by atoms with E-state index in [0.29, 0.717) is 11.6 Å². The molecular formula is C22H20ClN3O2. The Morgan fingerprint density at radius 3 is 2.57 bits per heavy atom. The van der Waals surface area contributed by atoms with Crippen LogP contribution >= 0.6 is 11.6 Å². The molecule has 0 saturated carbocycles. The molecule has 0 fully saturated rings. The van der Waals surface area contributed by atoms with E-state index in [1.165, 1.54) is 0 Å². The first-order valence-electron chi connectivity index (χ1n) is 8.77. The number of carbonyl (C=O) groups excluding carboxylic acids is 1. The lowest BCUT2D eigenvalue weighted by Crippen LogP contribution is -2.25. The summed E-state index contributed by atoms with van der Waals surface area (Å²) in [5, 5.41) is 7.63. The number of benzene rings is 3. The number of hydrazone groups is 1. The lowest BCUT2D eigenvalue weighted by atomic mass is 10.2. The van der Waals surface area contributed by atoms with Crippen molar-refractivity contribution in [2.45, 2.75) is 6.61 Å². The normalized spacial score (nSPS) is 10.6. The molecule has 3 aromatic carbocycles. The SMILES string of the molecule is O=C(CNc1ccc(Cl)cc1)N/N=C\c1cccc(OCc2ccccc2)c1. The van der Waals surface area contributed by atoms with Crippen LogP contribution in [-0.4, -0.2) is 18.7 Å². The van der Waals surface area contributed by atoms with Gasteiger partial charge in [0, 0.05) is 10.7 Å². The van der Waals surface area contributed by atoms with E-state index >= 15 is 0 Å². The zero-order valence-corrected chi connectivity index (χ0v) is 15.9. The van der Waals surface area contributed by atoms with Crippen molar-refractivity contribution in [1.82, 2.24) is 5.43 Å². The predicted molar refractivity (Wildman–Crippen MR) is 113 cm³/mol. The molecule has 6 heteroatoms. The Kier molecular flexibility index (Phi) is 7.04. The third-order valence-corrected chi connectivity index (χ3v) is 4.06. The number of ether oxygens (including phenoxy) is 1. The summed E-state index contributed by atoms with van der Waals surface area (Å²) >= 11 is 5.83. The highest BCUT2D eigenvalue weighted by molar-refractivity contribution is 6.30. The van der Waals surface area contributed by atoms with Gasteiger partial charge in [0.25, 0.3) is 5.91 Å². The molecule has 3 aromatic rings. The monoisotopic (exact) mass is 393 g/mol. The van der Waals surface area contributed by atoms with Crippen molar-refractivity contribution in [1.29, 1.82) is 0 Å². The topological polar surface area (TPSA) is 62.7 Å². The van der Waals surface area contributed by atoms with Crippen LogP contribution in [0.5, 0.6) is 5.75 Å². The number of hydrogen-bond donors (Lipinski definition) is 2. The van der Waals surface area contributed by atoms with Crippen LogP contribution in [0.4, 0.5) is 5.69 Å². The van der Waals surface area contributed by atoms with E-state index in [1.807, 2.05) is 54.6 Å².